The predicted molar refractivity (Wildman–Crippen MR) is 57.4 cm³/mol. The maximum absolute atomic E-state index is 5.55. The third-order valence-corrected chi connectivity index (χ3v) is 3.40. The van der Waals surface area contributed by atoms with Crippen molar-refractivity contribution in [3.8, 4) is 0 Å². The van der Waals surface area contributed by atoms with E-state index in [-0.39, 0.29) is 0 Å². The molecule has 2 aliphatic rings. The van der Waals surface area contributed by atoms with Crippen molar-refractivity contribution in [2.75, 3.05) is 39.4 Å². The molecule has 0 bridgehead atoms. The topological polar surface area (TPSA) is 24.5 Å². The van der Waals surface area contributed by atoms with Crippen LogP contribution >= 0.6 is 0 Å². The fourth-order valence-corrected chi connectivity index (χ4v) is 2.34. The lowest BCUT2D eigenvalue weighted by molar-refractivity contribution is 0.0640. The minimum Gasteiger partial charge on any atom is -0.380 e. The molecule has 3 nitrogen and oxygen atoms in total. The quantitative estimate of drug-likeness (QED) is 0.707. The van der Waals surface area contributed by atoms with Crippen LogP contribution in [0, 0.1) is 5.41 Å². The van der Waals surface area contributed by atoms with E-state index >= 15 is 0 Å². The van der Waals surface area contributed by atoms with Crippen LogP contribution in [0.4, 0.5) is 0 Å². The minimum atomic E-state index is 0.512. The summed E-state index contributed by atoms with van der Waals surface area (Å²) >= 11 is 0. The largest absolute Gasteiger partial charge is 0.380 e. The van der Waals surface area contributed by atoms with Gasteiger partial charge in [-0.2, -0.15) is 0 Å². The molecular weight excluding hydrogens is 176 g/mol. The molecule has 2 rings (SSSR count). The maximum Gasteiger partial charge on any atom is 0.0619 e. The zero-order valence-corrected chi connectivity index (χ0v) is 9.38. The molecule has 0 aliphatic carbocycles. The smallest absolute Gasteiger partial charge is 0.0619 e. The van der Waals surface area contributed by atoms with Crippen molar-refractivity contribution >= 4 is 0 Å². The van der Waals surface area contributed by atoms with Crippen LogP contribution in [0.5, 0.6) is 0 Å². The lowest BCUT2D eigenvalue weighted by Crippen LogP contribution is -2.58. The zero-order chi connectivity index (χ0) is 10.0. The molecule has 14 heavy (non-hydrogen) atoms. The van der Waals surface area contributed by atoms with Gasteiger partial charge in [0.25, 0.3) is 0 Å². The van der Waals surface area contributed by atoms with E-state index in [1.807, 2.05) is 0 Å². The van der Waals surface area contributed by atoms with Crippen LogP contribution in [0.1, 0.15) is 20.3 Å². The number of hydrogen-bond donors (Lipinski definition) is 1. The standard InChI is InChI=1S/C11H22N2O/c1-10-6-14-5-3-4-13(10)9-11(2)7-12-8-11/h10,12H,3-9H2,1-2H3. The van der Waals surface area contributed by atoms with Gasteiger partial charge in [0.15, 0.2) is 0 Å². The highest BCUT2D eigenvalue weighted by Gasteiger charge is 2.34. The number of ether oxygens (including phenoxy) is 1. The van der Waals surface area contributed by atoms with Gasteiger partial charge in [0.2, 0.25) is 0 Å². The van der Waals surface area contributed by atoms with Gasteiger partial charge in [0, 0.05) is 44.2 Å². The lowest BCUT2D eigenvalue weighted by atomic mass is 9.83. The van der Waals surface area contributed by atoms with Gasteiger partial charge in [-0.1, -0.05) is 6.92 Å². The third kappa shape index (κ3) is 2.27. The average Bonchev–Trinajstić information content (AvgIpc) is 2.29. The molecule has 0 aromatic heterocycles. The van der Waals surface area contributed by atoms with Crippen molar-refractivity contribution in [3.05, 3.63) is 0 Å². The molecular formula is C11H22N2O. The molecule has 2 heterocycles. The Kier molecular flexibility index (Phi) is 3.10. The van der Waals surface area contributed by atoms with Crippen molar-refractivity contribution in [3.63, 3.8) is 0 Å². The van der Waals surface area contributed by atoms with E-state index in [0.717, 1.165) is 13.2 Å². The van der Waals surface area contributed by atoms with E-state index in [2.05, 4.69) is 24.1 Å². The number of nitrogens with one attached hydrogen (secondary N) is 1. The molecule has 0 saturated carbocycles. The highest BCUT2D eigenvalue weighted by atomic mass is 16.5. The summed E-state index contributed by atoms with van der Waals surface area (Å²) in [4.78, 5) is 2.59. The van der Waals surface area contributed by atoms with E-state index in [4.69, 9.17) is 4.74 Å². The van der Waals surface area contributed by atoms with Crippen LogP contribution in [0.3, 0.4) is 0 Å². The summed E-state index contributed by atoms with van der Waals surface area (Å²) in [5.74, 6) is 0. The van der Waals surface area contributed by atoms with Crippen molar-refractivity contribution in [1.29, 1.82) is 0 Å². The number of rotatable bonds is 2. The van der Waals surface area contributed by atoms with E-state index in [9.17, 15) is 0 Å². The fraction of sp³-hybridized carbons (Fsp3) is 1.00. The average molecular weight is 198 g/mol. The van der Waals surface area contributed by atoms with E-state index < -0.39 is 0 Å². The molecule has 1 unspecified atom stereocenters. The summed E-state index contributed by atoms with van der Waals surface area (Å²) in [5.41, 5.74) is 0.512. The normalized spacial score (nSPS) is 33.4. The second-order valence-electron chi connectivity index (χ2n) is 5.16. The summed E-state index contributed by atoms with van der Waals surface area (Å²) in [7, 11) is 0. The van der Waals surface area contributed by atoms with Gasteiger partial charge in [-0.3, -0.25) is 4.90 Å². The molecule has 2 fully saturated rings. The third-order valence-electron chi connectivity index (χ3n) is 3.40. The van der Waals surface area contributed by atoms with Crippen LogP contribution < -0.4 is 5.32 Å². The lowest BCUT2D eigenvalue weighted by Gasteiger charge is -2.44. The highest BCUT2D eigenvalue weighted by molar-refractivity contribution is 4.91. The molecule has 2 aliphatic heterocycles. The Bertz CT molecular complexity index is 192. The number of nitrogens with zero attached hydrogens (tertiary/aromatic N) is 1. The first kappa shape index (κ1) is 10.4. The summed E-state index contributed by atoms with van der Waals surface area (Å²) in [5, 5.41) is 3.36. The molecule has 0 aromatic carbocycles. The first-order valence-electron chi connectivity index (χ1n) is 5.72. The molecule has 0 amide bonds. The first-order chi connectivity index (χ1) is 6.70. The number of hydrogen-bond acceptors (Lipinski definition) is 3. The van der Waals surface area contributed by atoms with Crippen LogP contribution in [0.25, 0.3) is 0 Å². The Labute approximate surface area is 86.8 Å². The monoisotopic (exact) mass is 198 g/mol. The second-order valence-corrected chi connectivity index (χ2v) is 5.16. The van der Waals surface area contributed by atoms with Gasteiger partial charge in [0.05, 0.1) is 6.61 Å². The van der Waals surface area contributed by atoms with Crippen molar-refractivity contribution in [2.24, 2.45) is 5.41 Å². The Morgan fingerprint density at radius 1 is 1.50 bits per heavy atom. The van der Waals surface area contributed by atoms with Crippen LogP contribution in [-0.4, -0.2) is 50.3 Å². The van der Waals surface area contributed by atoms with E-state index in [1.54, 1.807) is 0 Å². The van der Waals surface area contributed by atoms with Crippen molar-refractivity contribution in [2.45, 2.75) is 26.3 Å². The summed E-state index contributed by atoms with van der Waals surface area (Å²) < 4.78 is 5.55. The molecule has 1 N–H and O–H groups in total. The van der Waals surface area contributed by atoms with E-state index in [1.165, 1.54) is 32.6 Å². The molecule has 0 spiro atoms. The SMILES string of the molecule is CC1COCCCN1CC1(C)CNC1. The first-order valence-corrected chi connectivity index (χ1v) is 5.72. The Morgan fingerprint density at radius 3 is 2.93 bits per heavy atom. The van der Waals surface area contributed by atoms with Crippen LogP contribution in [0.15, 0.2) is 0 Å². The molecule has 3 heteroatoms. The Hall–Kier alpha value is -0.120. The molecule has 82 valence electrons. The van der Waals surface area contributed by atoms with Gasteiger partial charge in [-0.15, -0.1) is 0 Å². The summed E-state index contributed by atoms with van der Waals surface area (Å²) in [6.45, 7) is 11.3. The van der Waals surface area contributed by atoms with Crippen molar-refractivity contribution in [1.82, 2.24) is 10.2 Å². The Balaban J connectivity index is 1.87. The second kappa shape index (κ2) is 4.17. The summed E-state index contributed by atoms with van der Waals surface area (Å²) in [6.07, 6.45) is 1.19. The van der Waals surface area contributed by atoms with Crippen molar-refractivity contribution < 1.29 is 4.74 Å². The van der Waals surface area contributed by atoms with Gasteiger partial charge < -0.3 is 10.1 Å². The molecule has 0 radical (unpaired) electrons. The Morgan fingerprint density at radius 2 is 2.29 bits per heavy atom. The summed E-state index contributed by atoms with van der Waals surface area (Å²) in [6, 6.07) is 0.593. The van der Waals surface area contributed by atoms with Gasteiger partial charge in [-0.25, -0.2) is 0 Å². The van der Waals surface area contributed by atoms with Gasteiger partial charge in [-0.05, 0) is 13.3 Å². The minimum absolute atomic E-state index is 0.512. The van der Waals surface area contributed by atoms with Crippen LogP contribution in [0.2, 0.25) is 0 Å². The fourth-order valence-electron chi connectivity index (χ4n) is 2.34. The van der Waals surface area contributed by atoms with Gasteiger partial charge in [0.1, 0.15) is 0 Å². The maximum atomic E-state index is 5.55. The van der Waals surface area contributed by atoms with Crippen LogP contribution in [-0.2, 0) is 4.74 Å². The highest BCUT2D eigenvalue weighted by Crippen LogP contribution is 2.24. The molecule has 1 atom stereocenters. The van der Waals surface area contributed by atoms with Gasteiger partial charge >= 0.3 is 0 Å². The predicted octanol–water partition coefficient (Wildman–Crippen LogP) is 0.707. The molecule has 0 aromatic rings. The zero-order valence-electron chi connectivity index (χ0n) is 9.38. The molecule has 2 saturated heterocycles. The van der Waals surface area contributed by atoms with E-state index in [0.29, 0.717) is 11.5 Å².